The molecule has 1 amide bonds. The fraction of sp³-hybridized carbons (Fsp3) is 0.533. The van der Waals surface area contributed by atoms with Gasteiger partial charge in [0.2, 0.25) is 5.91 Å². The Morgan fingerprint density at radius 2 is 2.14 bits per heavy atom. The molecular weight excluding hydrogens is 290 g/mol. The van der Waals surface area contributed by atoms with Crippen LogP contribution in [0, 0.1) is 13.8 Å². The van der Waals surface area contributed by atoms with E-state index >= 15 is 0 Å². The minimum absolute atomic E-state index is 0.0826. The van der Waals surface area contributed by atoms with Crippen LogP contribution in [0.15, 0.2) is 23.1 Å². The standard InChI is InChI=1S/C15H21NO4S/c1-11-5-6-12(2)14(10-11)21(18,19)16-15(17)8-7-13-4-3-9-20-13/h5-6,10,13H,3-4,7-9H2,1-2H3,(H,16,17)/t13-/m1/s1. The Balaban J connectivity index is 1.99. The van der Waals surface area contributed by atoms with Crippen LogP contribution in [0.4, 0.5) is 0 Å². The van der Waals surface area contributed by atoms with Crippen molar-refractivity contribution in [2.75, 3.05) is 6.61 Å². The smallest absolute Gasteiger partial charge is 0.264 e. The molecule has 1 heterocycles. The van der Waals surface area contributed by atoms with Crippen LogP contribution in [0.25, 0.3) is 0 Å². The molecule has 1 aromatic rings. The van der Waals surface area contributed by atoms with Gasteiger partial charge in [-0.1, -0.05) is 12.1 Å². The summed E-state index contributed by atoms with van der Waals surface area (Å²) in [6.45, 7) is 4.26. The summed E-state index contributed by atoms with van der Waals surface area (Å²) in [7, 11) is -3.80. The Hall–Kier alpha value is -1.40. The molecule has 0 bridgehead atoms. The summed E-state index contributed by atoms with van der Waals surface area (Å²) in [6, 6.07) is 5.15. The van der Waals surface area contributed by atoms with Crippen molar-refractivity contribution in [3.05, 3.63) is 29.3 Å². The average molecular weight is 311 g/mol. The summed E-state index contributed by atoms with van der Waals surface area (Å²) in [4.78, 5) is 12.0. The molecule has 116 valence electrons. The van der Waals surface area contributed by atoms with Crippen LogP contribution in [0.2, 0.25) is 0 Å². The number of carbonyl (C=O) groups is 1. The van der Waals surface area contributed by atoms with Gasteiger partial charge < -0.3 is 4.74 Å². The van der Waals surface area contributed by atoms with Crippen molar-refractivity contribution in [3.8, 4) is 0 Å². The van der Waals surface area contributed by atoms with Gasteiger partial charge in [0.25, 0.3) is 10.0 Å². The van der Waals surface area contributed by atoms with E-state index in [1.54, 1.807) is 19.1 Å². The molecule has 1 fully saturated rings. The summed E-state index contributed by atoms with van der Waals surface area (Å²) in [5.41, 5.74) is 1.47. The van der Waals surface area contributed by atoms with E-state index < -0.39 is 15.9 Å². The zero-order chi connectivity index (χ0) is 15.5. The van der Waals surface area contributed by atoms with Gasteiger partial charge in [0.05, 0.1) is 11.0 Å². The highest BCUT2D eigenvalue weighted by molar-refractivity contribution is 7.90. The van der Waals surface area contributed by atoms with Gasteiger partial charge in [0.15, 0.2) is 0 Å². The molecule has 6 heteroatoms. The molecule has 1 saturated heterocycles. The first-order chi connectivity index (χ1) is 9.88. The number of aryl methyl sites for hydroxylation is 2. The molecular formula is C15H21NO4S. The van der Waals surface area contributed by atoms with Crippen molar-refractivity contribution in [1.82, 2.24) is 4.72 Å². The van der Waals surface area contributed by atoms with Crippen LogP contribution < -0.4 is 4.72 Å². The zero-order valence-corrected chi connectivity index (χ0v) is 13.2. The maximum atomic E-state index is 12.2. The molecule has 0 aromatic heterocycles. The molecule has 1 aromatic carbocycles. The Kier molecular flexibility index (Phi) is 5.00. The number of sulfonamides is 1. The molecule has 5 nitrogen and oxygen atoms in total. The lowest BCUT2D eigenvalue weighted by Gasteiger charge is -2.11. The number of hydrogen-bond donors (Lipinski definition) is 1. The summed E-state index contributed by atoms with van der Waals surface area (Å²) < 4.78 is 32.1. The predicted molar refractivity (Wildman–Crippen MR) is 79.5 cm³/mol. The molecule has 1 N–H and O–H groups in total. The van der Waals surface area contributed by atoms with Gasteiger partial charge in [-0.05, 0) is 50.3 Å². The van der Waals surface area contributed by atoms with E-state index in [0.29, 0.717) is 12.0 Å². The first-order valence-electron chi connectivity index (χ1n) is 7.13. The highest BCUT2D eigenvalue weighted by atomic mass is 32.2. The van der Waals surface area contributed by atoms with E-state index in [1.165, 1.54) is 0 Å². The van der Waals surface area contributed by atoms with Gasteiger partial charge in [-0.25, -0.2) is 13.1 Å². The predicted octanol–water partition coefficient (Wildman–Crippen LogP) is 2.07. The van der Waals surface area contributed by atoms with Crippen molar-refractivity contribution in [1.29, 1.82) is 0 Å². The number of ether oxygens (including phenoxy) is 1. The number of amides is 1. The molecule has 1 aliphatic heterocycles. The van der Waals surface area contributed by atoms with Crippen LogP contribution in [0.5, 0.6) is 0 Å². The van der Waals surface area contributed by atoms with Crippen molar-refractivity contribution in [3.63, 3.8) is 0 Å². The van der Waals surface area contributed by atoms with Gasteiger partial charge in [-0.3, -0.25) is 4.79 Å². The lowest BCUT2D eigenvalue weighted by molar-refractivity contribution is -0.119. The second-order valence-electron chi connectivity index (χ2n) is 5.47. The monoisotopic (exact) mass is 311 g/mol. The van der Waals surface area contributed by atoms with E-state index in [4.69, 9.17) is 4.74 Å². The summed E-state index contributed by atoms with van der Waals surface area (Å²) in [5, 5.41) is 0. The molecule has 0 saturated carbocycles. The molecule has 0 spiro atoms. The van der Waals surface area contributed by atoms with Gasteiger partial charge in [-0.15, -0.1) is 0 Å². The average Bonchev–Trinajstić information content (AvgIpc) is 2.92. The summed E-state index contributed by atoms with van der Waals surface area (Å²) >= 11 is 0. The molecule has 0 aliphatic carbocycles. The largest absolute Gasteiger partial charge is 0.378 e. The lowest BCUT2D eigenvalue weighted by atomic mass is 10.1. The fourth-order valence-electron chi connectivity index (χ4n) is 2.42. The number of hydrogen-bond acceptors (Lipinski definition) is 4. The Morgan fingerprint density at radius 1 is 1.38 bits per heavy atom. The van der Waals surface area contributed by atoms with Gasteiger partial charge in [-0.2, -0.15) is 0 Å². The van der Waals surface area contributed by atoms with E-state index in [-0.39, 0.29) is 17.4 Å². The lowest BCUT2D eigenvalue weighted by Crippen LogP contribution is -2.31. The Morgan fingerprint density at radius 3 is 2.81 bits per heavy atom. The fourth-order valence-corrected chi connectivity index (χ4v) is 3.76. The number of carbonyl (C=O) groups excluding carboxylic acids is 1. The van der Waals surface area contributed by atoms with Crippen molar-refractivity contribution in [2.45, 2.75) is 50.5 Å². The van der Waals surface area contributed by atoms with Crippen LogP contribution in [0.3, 0.4) is 0 Å². The maximum absolute atomic E-state index is 12.2. The number of nitrogens with one attached hydrogen (secondary N) is 1. The third-order valence-electron chi connectivity index (χ3n) is 3.60. The molecule has 1 aliphatic rings. The first kappa shape index (κ1) is 16.0. The summed E-state index contributed by atoms with van der Waals surface area (Å²) in [6.07, 6.45) is 2.76. The van der Waals surface area contributed by atoms with Crippen LogP contribution in [-0.2, 0) is 19.6 Å². The Labute approximate surface area is 125 Å². The molecule has 1 atom stereocenters. The quantitative estimate of drug-likeness (QED) is 0.903. The van der Waals surface area contributed by atoms with E-state index in [2.05, 4.69) is 4.72 Å². The van der Waals surface area contributed by atoms with E-state index in [0.717, 1.165) is 25.0 Å². The van der Waals surface area contributed by atoms with Crippen molar-refractivity contribution < 1.29 is 17.9 Å². The Bertz CT molecular complexity index is 619. The number of benzene rings is 1. The van der Waals surface area contributed by atoms with E-state index in [1.807, 2.05) is 13.0 Å². The van der Waals surface area contributed by atoms with Crippen LogP contribution in [-0.4, -0.2) is 27.0 Å². The van der Waals surface area contributed by atoms with Gasteiger partial charge in [0, 0.05) is 13.0 Å². The molecule has 0 radical (unpaired) electrons. The third-order valence-corrected chi connectivity index (χ3v) is 5.11. The van der Waals surface area contributed by atoms with Gasteiger partial charge >= 0.3 is 0 Å². The second-order valence-corrected chi connectivity index (χ2v) is 7.12. The van der Waals surface area contributed by atoms with Crippen molar-refractivity contribution in [2.24, 2.45) is 0 Å². The highest BCUT2D eigenvalue weighted by Crippen LogP contribution is 2.18. The summed E-state index contributed by atoms with van der Waals surface area (Å²) in [5.74, 6) is -0.480. The molecule has 0 unspecified atom stereocenters. The zero-order valence-electron chi connectivity index (χ0n) is 12.4. The first-order valence-corrected chi connectivity index (χ1v) is 8.61. The topological polar surface area (TPSA) is 72.5 Å². The van der Waals surface area contributed by atoms with E-state index in [9.17, 15) is 13.2 Å². The molecule has 2 rings (SSSR count). The van der Waals surface area contributed by atoms with Crippen LogP contribution >= 0.6 is 0 Å². The highest BCUT2D eigenvalue weighted by Gasteiger charge is 2.22. The van der Waals surface area contributed by atoms with Crippen LogP contribution in [0.1, 0.15) is 36.8 Å². The van der Waals surface area contributed by atoms with Gasteiger partial charge in [0.1, 0.15) is 0 Å². The van der Waals surface area contributed by atoms with Crippen molar-refractivity contribution >= 4 is 15.9 Å². The second kappa shape index (κ2) is 6.58. The minimum atomic E-state index is -3.80. The third kappa shape index (κ3) is 4.28. The molecule has 21 heavy (non-hydrogen) atoms. The SMILES string of the molecule is Cc1ccc(C)c(S(=O)(=O)NC(=O)CC[C@H]2CCCO2)c1. The number of rotatable bonds is 5. The minimum Gasteiger partial charge on any atom is -0.378 e. The normalized spacial score (nSPS) is 18.7. The maximum Gasteiger partial charge on any atom is 0.264 e.